The molecular weight excluding hydrogens is 344 g/mol. The number of hydrogen-bond donors (Lipinski definition) is 0. The highest BCUT2D eigenvalue weighted by atomic mass is 32.2. The van der Waals surface area contributed by atoms with Crippen LogP contribution in [0.5, 0.6) is 0 Å². The molecule has 0 atom stereocenters. The van der Waals surface area contributed by atoms with Gasteiger partial charge >= 0.3 is 0 Å². The molecule has 0 nitrogen and oxygen atoms in total. The van der Waals surface area contributed by atoms with Crippen LogP contribution in [0.3, 0.4) is 0 Å². The minimum Gasteiger partial charge on any atom is -0.0904 e. The molecule has 0 fully saturated rings. The van der Waals surface area contributed by atoms with Crippen molar-refractivity contribution in [3.63, 3.8) is 0 Å². The van der Waals surface area contributed by atoms with Crippen LogP contribution in [-0.4, -0.2) is 0 Å². The molecule has 0 N–H and O–H groups in total. The van der Waals surface area contributed by atoms with Gasteiger partial charge in [0.2, 0.25) is 0 Å². The van der Waals surface area contributed by atoms with Crippen LogP contribution in [0.25, 0.3) is 5.57 Å². The van der Waals surface area contributed by atoms with Crippen molar-refractivity contribution in [2.24, 2.45) is 0 Å². The first-order chi connectivity index (χ1) is 13.2. The van der Waals surface area contributed by atoms with Crippen LogP contribution in [0.2, 0.25) is 0 Å². The summed E-state index contributed by atoms with van der Waals surface area (Å²) >= 11 is 1.74. The van der Waals surface area contributed by atoms with E-state index < -0.39 is 0 Å². The molecule has 27 heavy (non-hydrogen) atoms. The van der Waals surface area contributed by atoms with Gasteiger partial charge in [0, 0.05) is 9.80 Å². The molecule has 0 heterocycles. The van der Waals surface area contributed by atoms with Crippen molar-refractivity contribution < 1.29 is 0 Å². The monoisotopic (exact) mass is 374 g/mol. The summed E-state index contributed by atoms with van der Waals surface area (Å²) in [6, 6.07) is 17.2. The van der Waals surface area contributed by atoms with Crippen LogP contribution < -0.4 is 0 Å². The highest BCUT2D eigenvalue weighted by Gasteiger charge is 2.04. The Morgan fingerprint density at radius 2 is 1.67 bits per heavy atom. The Balaban J connectivity index is 2.18. The average molecular weight is 375 g/mol. The van der Waals surface area contributed by atoms with E-state index >= 15 is 0 Å². The fourth-order valence-corrected chi connectivity index (χ4v) is 3.95. The molecule has 0 saturated heterocycles. The average Bonchev–Trinajstić information content (AvgIpc) is 2.68. The maximum absolute atomic E-state index is 4.22. The number of aryl methyl sites for hydroxylation is 2. The summed E-state index contributed by atoms with van der Waals surface area (Å²) in [4.78, 5) is 2.34. The Morgan fingerprint density at radius 3 is 2.37 bits per heavy atom. The van der Waals surface area contributed by atoms with Crippen LogP contribution in [0.4, 0.5) is 0 Å². The summed E-state index contributed by atoms with van der Waals surface area (Å²) in [6.07, 6.45) is 14.0. The molecule has 0 aliphatic heterocycles. The molecule has 0 aliphatic rings. The molecule has 0 amide bonds. The van der Waals surface area contributed by atoms with Crippen molar-refractivity contribution in [3.8, 4) is 0 Å². The van der Waals surface area contributed by atoms with Gasteiger partial charge in [-0.2, -0.15) is 0 Å². The van der Waals surface area contributed by atoms with E-state index in [1.54, 1.807) is 11.8 Å². The summed E-state index contributed by atoms with van der Waals surface area (Å²) in [7, 11) is 0. The first kappa shape index (κ1) is 21.1. The number of hydrogen-bond acceptors (Lipinski definition) is 1. The first-order valence-corrected chi connectivity index (χ1v) is 10.5. The maximum atomic E-state index is 4.22. The molecule has 0 unspecified atom stereocenters. The molecule has 0 radical (unpaired) electrons. The van der Waals surface area contributed by atoms with Gasteiger partial charge in [-0.15, -0.1) is 0 Å². The molecule has 0 saturated carbocycles. The Kier molecular flexibility index (Phi) is 8.94. The molecule has 0 aromatic heterocycles. The smallest absolute Gasteiger partial charge is 0.0154 e. The van der Waals surface area contributed by atoms with Crippen LogP contribution in [0, 0.1) is 0 Å². The van der Waals surface area contributed by atoms with E-state index in [9.17, 15) is 0 Å². The lowest BCUT2D eigenvalue weighted by Gasteiger charge is -2.09. The van der Waals surface area contributed by atoms with Crippen LogP contribution >= 0.6 is 11.8 Å². The van der Waals surface area contributed by atoms with Gasteiger partial charge in [-0.05, 0) is 54.2 Å². The van der Waals surface area contributed by atoms with Crippen molar-refractivity contribution in [1.82, 2.24) is 0 Å². The number of thioether (sulfide) groups is 1. The topological polar surface area (TPSA) is 0 Å². The Hall–Kier alpha value is -2.25. The normalized spacial score (nSPS) is 12.2. The highest BCUT2D eigenvalue weighted by molar-refractivity contribution is 8.03. The van der Waals surface area contributed by atoms with Gasteiger partial charge < -0.3 is 0 Å². The number of benzene rings is 2. The zero-order valence-corrected chi connectivity index (χ0v) is 17.6. The third-order valence-corrected chi connectivity index (χ3v) is 5.36. The SMILES string of the molecule is C=C(/C=C/C=C(/C=C\C)c1ccccc1CCC)Sc1ccccc1CC. The summed E-state index contributed by atoms with van der Waals surface area (Å²) in [6.45, 7) is 10.7. The quantitative estimate of drug-likeness (QED) is 0.316. The number of allylic oxidation sites excluding steroid dienone is 6. The third-order valence-electron chi connectivity index (χ3n) is 4.35. The predicted molar refractivity (Wildman–Crippen MR) is 123 cm³/mol. The molecule has 140 valence electrons. The Morgan fingerprint density at radius 1 is 0.963 bits per heavy atom. The van der Waals surface area contributed by atoms with Gasteiger partial charge in [-0.25, -0.2) is 0 Å². The van der Waals surface area contributed by atoms with E-state index in [0.29, 0.717) is 0 Å². The predicted octanol–water partition coefficient (Wildman–Crippen LogP) is 8.02. The summed E-state index contributed by atoms with van der Waals surface area (Å²) < 4.78 is 0. The van der Waals surface area contributed by atoms with Gasteiger partial charge in [0.25, 0.3) is 0 Å². The lowest BCUT2D eigenvalue weighted by molar-refractivity contribution is 0.919. The first-order valence-electron chi connectivity index (χ1n) is 9.73. The minimum atomic E-state index is 1.04. The summed E-state index contributed by atoms with van der Waals surface area (Å²) in [5, 5.41) is 0. The van der Waals surface area contributed by atoms with Crippen molar-refractivity contribution in [2.75, 3.05) is 0 Å². The van der Waals surface area contributed by atoms with Gasteiger partial charge in [0.15, 0.2) is 0 Å². The summed E-state index contributed by atoms with van der Waals surface area (Å²) in [5.41, 5.74) is 5.33. The molecule has 2 aromatic rings. The standard InChI is InChI=1S/C26H30S/c1-5-13-23-17-8-10-19-25(23)24(14-6-2)18-12-15-21(4)27-26-20-11-9-16-22(26)7-3/h6,8-12,14-20H,4-5,7,13H2,1-3H3/b14-6-,15-12+,24-18-. The second kappa shape index (κ2) is 11.5. The van der Waals surface area contributed by atoms with Crippen molar-refractivity contribution in [1.29, 1.82) is 0 Å². The lowest BCUT2D eigenvalue weighted by Crippen LogP contribution is -1.91. The fourth-order valence-electron chi connectivity index (χ4n) is 3.03. The van der Waals surface area contributed by atoms with E-state index in [1.165, 1.54) is 27.2 Å². The van der Waals surface area contributed by atoms with Crippen LogP contribution in [-0.2, 0) is 12.8 Å². The van der Waals surface area contributed by atoms with E-state index in [2.05, 4.69) is 106 Å². The molecule has 1 heteroatoms. The van der Waals surface area contributed by atoms with E-state index in [0.717, 1.165) is 24.2 Å². The molecule has 2 aromatic carbocycles. The highest BCUT2D eigenvalue weighted by Crippen LogP contribution is 2.30. The summed E-state index contributed by atoms with van der Waals surface area (Å²) in [5.74, 6) is 0. The van der Waals surface area contributed by atoms with Gasteiger partial charge in [0.05, 0.1) is 0 Å². The van der Waals surface area contributed by atoms with Crippen molar-refractivity contribution in [2.45, 2.75) is 44.9 Å². The third kappa shape index (κ3) is 6.45. The van der Waals surface area contributed by atoms with Crippen molar-refractivity contribution in [3.05, 3.63) is 107 Å². The molecular formula is C26H30S. The zero-order chi connectivity index (χ0) is 19.5. The molecule has 2 rings (SSSR count). The van der Waals surface area contributed by atoms with Crippen LogP contribution in [0.15, 0.2) is 95.3 Å². The fraction of sp³-hybridized carbons (Fsp3) is 0.231. The second-order valence-electron chi connectivity index (χ2n) is 6.42. The maximum Gasteiger partial charge on any atom is 0.0154 e. The molecule has 0 spiro atoms. The Bertz CT molecular complexity index is 837. The van der Waals surface area contributed by atoms with Gasteiger partial charge in [0.1, 0.15) is 0 Å². The minimum absolute atomic E-state index is 1.04. The van der Waals surface area contributed by atoms with Crippen LogP contribution in [0.1, 0.15) is 43.9 Å². The zero-order valence-electron chi connectivity index (χ0n) is 16.7. The molecule has 0 aliphatic carbocycles. The van der Waals surface area contributed by atoms with Gasteiger partial charge in [-0.3, -0.25) is 0 Å². The Labute approximate surface area is 169 Å². The van der Waals surface area contributed by atoms with Crippen molar-refractivity contribution >= 4 is 17.3 Å². The van der Waals surface area contributed by atoms with E-state index in [4.69, 9.17) is 0 Å². The second-order valence-corrected chi connectivity index (χ2v) is 7.59. The largest absolute Gasteiger partial charge is 0.0904 e. The lowest BCUT2D eigenvalue weighted by atomic mass is 9.96. The van der Waals surface area contributed by atoms with Gasteiger partial charge in [-0.1, -0.05) is 105 Å². The molecule has 0 bridgehead atoms. The van der Waals surface area contributed by atoms with E-state index in [-0.39, 0.29) is 0 Å². The number of rotatable bonds is 9. The van der Waals surface area contributed by atoms with E-state index in [1.807, 2.05) is 0 Å².